The molecule has 2 aromatic heterocycles. The Labute approximate surface area is 212 Å². The predicted molar refractivity (Wildman–Crippen MR) is 137 cm³/mol. The van der Waals surface area contributed by atoms with Crippen molar-refractivity contribution in [2.24, 2.45) is 17.3 Å². The average molecular weight is 500 g/mol. The molecule has 0 N–H and O–H groups in total. The number of nitrogens with zero attached hydrogens (tertiary/aromatic N) is 3. The van der Waals surface area contributed by atoms with Gasteiger partial charge in [0.05, 0.1) is 17.7 Å². The normalized spacial score (nSPS) is 19.1. The number of thiophene rings is 1. The molecule has 1 saturated carbocycles. The maximum atomic E-state index is 14.0. The lowest BCUT2D eigenvalue weighted by Crippen LogP contribution is -2.40. The van der Waals surface area contributed by atoms with Crippen molar-refractivity contribution in [3.05, 3.63) is 27.5 Å². The number of anilines is 1. The van der Waals surface area contributed by atoms with E-state index in [9.17, 15) is 9.59 Å². The van der Waals surface area contributed by atoms with Crippen molar-refractivity contribution < 1.29 is 18.8 Å². The number of hydrogen-bond donors (Lipinski definition) is 0. The summed E-state index contributed by atoms with van der Waals surface area (Å²) in [7, 11) is 1.34. The number of aromatic nitrogens is 2. The van der Waals surface area contributed by atoms with E-state index in [0.29, 0.717) is 33.1 Å². The summed E-state index contributed by atoms with van der Waals surface area (Å²) < 4.78 is 10.7. The van der Waals surface area contributed by atoms with E-state index in [1.54, 1.807) is 4.90 Å². The topological polar surface area (TPSA) is 85.5 Å². The molecule has 1 aliphatic carbocycles. The minimum Gasteiger partial charge on any atom is -0.465 e. The zero-order valence-corrected chi connectivity index (χ0v) is 22.9. The van der Waals surface area contributed by atoms with Crippen molar-refractivity contribution in [2.45, 2.75) is 86.1 Å². The summed E-state index contributed by atoms with van der Waals surface area (Å²) in [4.78, 5) is 34.1. The molecule has 0 spiro atoms. The van der Waals surface area contributed by atoms with E-state index in [1.165, 1.54) is 18.4 Å². The number of ether oxygens (including phenoxy) is 1. The highest BCUT2D eigenvalue weighted by molar-refractivity contribution is 7.15. The van der Waals surface area contributed by atoms with Crippen LogP contribution in [0, 0.1) is 29.1 Å². The number of methoxy groups -OCH3 is 1. The molecular formula is C27H37N3O4S. The summed E-state index contributed by atoms with van der Waals surface area (Å²) in [6.45, 7) is 14.1. The monoisotopic (exact) mass is 499 g/mol. The molecule has 190 valence electrons. The van der Waals surface area contributed by atoms with Crippen molar-refractivity contribution in [1.82, 2.24) is 10.1 Å². The largest absolute Gasteiger partial charge is 0.465 e. The lowest BCUT2D eigenvalue weighted by atomic mass is 9.82. The van der Waals surface area contributed by atoms with Crippen LogP contribution in [-0.2, 0) is 9.53 Å². The summed E-state index contributed by atoms with van der Waals surface area (Å²) in [6, 6.07) is 1.26. The van der Waals surface area contributed by atoms with Gasteiger partial charge in [0.25, 0.3) is 0 Å². The highest BCUT2D eigenvalue weighted by Crippen LogP contribution is 2.39. The van der Waals surface area contributed by atoms with E-state index in [2.05, 4.69) is 28.9 Å². The zero-order valence-electron chi connectivity index (χ0n) is 22.1. The van der Waals surface area contributed by atoms with Crippen LogP contribution in [0.2, 0.25) is 0 Å². The molecule has 2 heterocycles. The molecule has 35 heavy (non-hydrogen) atoms. The lowest BCUT2D eigenvalue weighted by Gasteiger charge is -2.33. The first kappa shape index (κ1) is 26.9. The predicted octanol–water partition coefficient (Wildman–Crippen LogP) is 6.36. The Bertz CT molecular complexity index is 1110. The SMILES string of the molecule is COC(=O)c1sc(C#CC(C)(C)C)cc1N(C(=O)[C@H]1CC[C@H](C)CC1)C(C)c1nc(C(C)C)no1. The number of amides is 1. The molecule has 2 aromatic rings. The van der Waals surface area contributed by atoms with Gasteiger partial charge in [-0.3, -0.25) is 9.69 Å². The molecule has 1 unspecified atom stereocenters. The van der Waals surface area contributed by atoms with Crippen LogP contribution in [-0.4, -0.2) is 29.1 Å². The molecule has 0 radical (unpaired) electrons. The Kier molecular flexibility index (Phi) is 8.42. The molecular weight excluding hydrogens is 462 g/mol. The van der Waals surface area contributed by atoms with Crippen LogP contribution in [0.15, 0.2) is 10.6 Å². The van der Waals surface area contributed by atoms with Crippen LogP contribution >= 0.6 is 11.3 Å². The highest BCUT2D eigenvalue weighted by Gasteiger charge is 2.37. The molecule has 0 saturated heterocycles. The van der Waals surface area contributed by atoms with Crippen molar-refractivity contribution >= 4 is 28.9 Å². The van der Waals surface area contributed by atoms with Gasteiger partial charge in [0.15, 0.2) is 5.82 Å². The molecule has 1 amide bonds. The summed E-state index contributed by atoms with van der Waals surface area (Å²) in [5.74, 6) is 7.36. The van der Waals surface area contributed by atoms with Crippen LogP contribution in [0.4, 0.5) is 5.69 Å². The third kappa shape index (κ3) is 6.52. The molecule has 7 nitrogen and oxygen atoms in total. The van der Waals surface area contributed by atoms with E-state index in [4.69, 9.17) is 9.26 Å². The van der Waals surface area contributed by atoms with Gasteiger partial charge in [0.2, 0.25) is 11.8 Å². The van der Waals surface area contributed by atoms with Crippen molar-refractivity contribution in [3.63, 3.8) is 0 Å². The molecule has 1 fully saturated rings. The van der Waals surface area contributed by atoms with Gasteiger partial charge in [-0.15, -0.1) is 11.3 Å². The smallest absolute Gasteiger partial charge is 0.350 e. The molecule has 1 atom stereocenters. The number of rotatable bonds is 6. The first-order chi connectivity index (χ1) is 16.4. The number of hydrogen-bond acceptors (Lipinski definition) is 7. The van der Waals surface area contributed by atoms with Crippen LogP contribution in [0.5, 0.6) is 0 Å². The maximum Gasteiger partial charge on any atom is 0.350 e. The van der Waals surface area contributed by atoms with E-state index in [1.807, 2.05) is 47.6 Å². The number of carbonyl (C=O) groups is 2. The number of esters is 1. The lowest BCUT2D eigenvalue weighted by molar-refractivity contribution is -0.124. The van der Waals surface area contributed by atoms with Gasteiger partial charge in [0.1, 0.15) is 10.9 Å². The summed E-state index contributed by atoms with van der Waals surface area (Å²) in [5, 5.41) is 4.09. The Morgan fingerprint density at radius 3 is 2.40 bits per heavy atom. The zero-order chi connectivity index (χ0) is 25.9. The highest BCUT2D eigenvalue weighted by atomic mass is 32.1. The van der Waals surface area contributed by atoms with Gasteiger partial charge in [0, 0.05) is 17.3 Å². The van der Waals surface area contributed by atoms with E-state index in [-0.39, 0.29) is 23.2 Å². The molecule has 1 aliphatic rings. The fraction of sp³-hybridized carbons (Fsp3) is 0.630. The van der Waals surface area contributed by atoms with Crippen molar-refractivity contribution in [2.75, 3.05) is 12.0 Å². The van der Waals surface area contributed by atoms with E-state index < -0.39 is 12.0 Å². The summed E-state index contributed by atoms with van der Waals surface area (Å²) in [5.41, 5.74) is 0.286. The minimum atomic E-state index is -0.553. The third-order valence-electron chi connectivity index (χ3n) is 6.22. The molecule has 3 rings (SSSR count). The van der Waals surface area contributed by atoms with Gasteiger partial charge in [-0.1, -0.05) is 37.8 Å². The Morgan fingerprint density at radius 1 is 1.20 bits per heavy atom. The fourth-order valence-electron chi connectivity index (χ4n) is 4.09. The quantitative estimate of drug-likeness (QED) is 0.340. The van der Waals surface area contributed by atoms with Crippen LogP contribution < -0.4 is 4.90 Å². The number of carbonyl (C=O) groups excluding carboxylic acids is 2. The molecule has 0 bridgehead atoms. The van der Waals surface area contributed by atoms with Crippen LogP contribution in [0.1, 0.15) is 112 Å². The third-order valence-corrected chi connectivity index (χ3v) is 7.24. The fourth-order valence-corrected chi connectivity index (χ4v) is 5.01. The first-order valence-electron chi connectivity index (χ1n) is 12.3. The van der Waals surface area contributed by atoms with Gasteiger partial charge in [-0.25, -0.2) is 4.79 Å². The second-order valence-electron chi connectivity index (χ2n) is 10.8. The van der Waals surface area contributed by atoms with Gasteiger partial charge in [-0.2, -0.15) is 4.98 Å². The van der Waals surface area contributed by atoms with Gasteiger partial charge in [-0.05, 0) is 65.4 Å². The second-order valence-corrected chi connectivity index (χ2v) is 11.9. The Morgan fingerprint density at radius 2 is 1.86 bits per heavy atom. The standard InChI is InChI=1S/C27H37N3O4S/c1-16(2)23-28-24(34-29-23)18(4)30(25(31)19-11-9-17(3)10-12-19)21-15-20(13-14-27(5,6)7)35-22(21)26(32)33-8/h15-19H,9-12H2,1-8H3/t17-,18?,19-. The molecule has 8 heteroatoms. The van der Waals surface area contributed by atoms with E-state index >= 15 is 0 Å². The van der Waals surface area contributed by atoms with Gasteiger partial charge < -0.3 is 9.26 Å². The minimum absolute atomic E-state index is 0.0352. The van der Waals surface area contributed by atoms with Crippen molar-refractivity contribution in [3.8, 4) is 11.8 Å². The van der Waals surface area contributed by atoms with Gasteiger partial charge >= 0.3 is 5.97 Å². The van der Waals surface area contributed by atoms with Crippen LogP contribution in [0.3, 0.4) is 0 Å². The Balaban J connectivity index is 2.11. The average Bonchev–Trinajstić information content (AvgIpc) is 3.45. The first-order valence-corrected chi connectivity index (χ1v) is 13.1. The maximum absolute atomic E-state index is 14.0. The van der Waals surface area contributed by atoms with E-state index in [0.717, 1.165) is 25.7 Å². The summed E-state index contributed by atoms with van der Waals surface area (Å²) >= 11 is 1.24. The molecule has 0 aliphatic heterocycles. The molecule has 0 aromatic carbocycles. The van der Waals surface area contributed by atoms with Crippen molar-refractivity contribution in [1.29, 1.82) is 0 Å². The Hall–Kier alpha value is -2.66. The summed E-state index contributed by atoms with van der Waals surface area (Å²) in [6.07, 6.45) is 3.65. The second kappa shape index (κ2) is 10.9. The van der Waals surface area contributed by atoms with Crippen LogP contribution in [0.25, 0.3) is 0 Å².